The van der Waals surface area contributed by atoms with Gasteiger partial charge in [0.15, 0.2) is 0 Å². The minimum atomic E-state index is -0.427. The van der Waals surface area contributed by atoms with E-state index < -0.39 is 4.92 Å². The predicted octanol–water partition coefficient (Wildman–Crippen LogP) is 7.15. The molecule has 2 aromatic heterocycles. The number of rotatable bonds is 9. The van der Waals surface area contributed by atoms with Crippen LogP contribution in [0.4, 0.5) is 10.7 Å². The normalized spacial score (nSPS) is 12.9. The number of non-ortho nitro benzene ring substituents is 1. The van der Waals surface area contributed by atoms with Crippen LogP contribution in [0.3, 0.4) is 0 Å². The van der Waals surface area contributed by atoms with E-state index in [1.807, 2.05) is 24.3 Å². The number of benzene rings is 2. The minimum Gasteiger partial charge on any atom is -0.488 e. The van der Waals surface area contributed by atoms with Gasteiger partial charge in [-0.15, -0.1) is 11.3 Å². The maximum Gasteiger partial charge on any atom is 0.269 e. The zero-order chi connectivity index (χ0) is 26.5. The van der Waals surface area contributed by atoms with Crippen molar-refractivity contribution in [1.82, 2.24) is 5.32 Å². The molecule has 0 saturated carbocycles. The Morgan fingerprint density at radius 2 is 2.00 bits per heavy atom. The van der Waals surface area contributed by atoms with Crippen molar-refractivity contribution in [3.05, 3.63) is 108 Å². The number of fused-ring (bicyclic) bond motifs is 1. The second-order valence-corrected chi connectivity index (χ2v) is 10.8. The summed E-state index contributed by atoms with van der Waals surface area (Å²) in [6.07, 6.45) is 7.40. The summed E-state index contributed by atoms with van der Waals surface area (Å²) in [7, 11) is 0. The number of nitrogens with one attached hydrogen (secondary N) is 1. The SMILES string of the molecule is O=C(NCc1ccco1)c1c(N=Cc2ccc(OCc3ccc([N+](=O)[O-])cc3)c(Br)c2)sc2c1CCCC2. The second kappa shape index (κ2) is 11.7. The van der Waals surface area contributed by atoms with Gasteiger partial charge in [-0.3, -0.25) is 14.9 Å². The largest absolute Gasteiger partial charge is 0.488 e. The number of nitro groups is 1. The fourth-order valence-corrected chi connectivity index (χ4v) is 6.01. The Hall–Kier alpha value is -3.76. The van der Waals surface area contributed by atoms with Gasteiger partial charge in [0, 0.05) is 23.2 Å². The Balaban J connectivity index is 1.29. The number of carbonyl (C=O) groups is 1. The van der Waals surface area contributed by atoms with Crippen molar-refractivity contribution < 1.29 is 18.9 Å². The van der Waals surface area contributed by atoms with E-state index >= 15 is 0 Å². The second-order valence-electron chi connectivity index (χ2n) is 8.81. The molecule has 0 aliphatic heterocycles. The van der Waals surface area contributed by atoms with E-state index in [-0.39, 0.29) is 18.2 Å². The number of hydrogen-bond acceptors (Lipinski definition) is 7. The van der Waals surface area contributed by atoms with E-state index in [2.05, 4.69) is 21.2 Å². The molecule has 2 heterocycles. The van der Waals surface area contributed by atoms with Gasteiger partial charge in [-0.05, 0) is 101 Å². The number of amides is 1. The standard InChI is InChI=1S/C28H24BrN3O5S/c29-23-14-19(9-12-24(23)37-17-18-7-10-20(11-8-18)32(34)35)15-31-28-26(22-5-1-2-6-25(22)38-28)27(33)30-16-21-4-3-13-36-21/h3-4,7-15H,1-2,5-6,16-17H2,(H,30,33). The number of carbonyl (C=O) groups excluding carboxylic acids is 1. The number of nitrogens with zero attached hydrogens (tertiary/aromatic N) is 2. The lowest BCUT2D eigenvalue weighted by Gasteiger charge is -2.12. The summed E-state index contributed by atoms with van der Waals surface area (Å²) in [5.41, 5.74) is 3.50. The first-order valence-corrected chi connectivity index (χ1v) is 13.7. The van der Waals surface area contributed by atoms with Crippen molar-refractivity contribution in [3.63, 3.8) is 0 Å². The summed E-state index contributed by atoms with van der Waals surface area (Å²) in [6.45, 7) is 0.606. The third-order valence-electron chi connectivity index (χ3n) is 6.21. The number of ether oxygens (including phenoxy) is 1. The molecule has 4 aromatic rings. The van der Waals surface area contributed by atoms with Crippen molar-refractivity contribution in [1.29, 1.82) is 0 Å². The van der Waals surface area contributed by atoms with Gasteiger partial charge in [0.2, 0.25) is 0 Å². The molecular formula is C28H24BrN3O5S. The van der Waals surface area contributed by atoms with E-state index in [4.69, 9.17) is 14.1 Å². The fourth-order valence-electron chi connectivity index (χ4n) is 4.27. The van der Waals surface area contributed by atoms with E-state index in [1.165, 1.54) is 17.0 Å². The Kier molecular flexibility index (Phi) is 8.00. The number of furan rings is 1. The molecule has 194 valence electrons. The van der Waals surface area contributed by atoms with Crippen LogP contribution in [-0.4, -0.2) is 17.0 Å². The van der Waals surface area contributed by atoms with Gasteiger partial charge in [-0.1, -0.05) is 0 Å². The molecule has 0 unspecified atom stereocenters. The molecule has 0 bridgehead atoms. The first-order valence-electron chi connectivity index (χ1n) is 12.1. The number of halogens is 1. The molecule has 2 aromatic carbocycles. The lowest BCUT2D eigenvalue weighted by atomic mass is 9.95. The molecule has 0 saturated heterocycles. The van der Waals surface area contributed by atoms with Crippen molar-refractivity contribution in [2.45, 2.75) is 38.8 Å². The van der Waals surface area contributed by atoms with Gasteiger partial charge >= 0.3 is 0 Å². The zero-order valence-electron chi connectivity index (χ0n) is 20.3. The molecule has 0 atom stereocenters. The highest BCUT2D eigenvalue weighted by atomic mass is 79.9. The Morgan fingerprint density at radius 3 is 2.74 bits per heavy atom. The summed E-state index contributed by atoms with van der Waals surface area (Å²) >= 11 is 5.14. The molecule has 1 amide bonds. The van der Waals surface area contributed by atoms with Crippen molar-refractivity contribution >= 4 is 50.1 Å². The highest BCUT2D eigenvalue weighted by Crippen LogP contribution is 2.40. The molecule has 1 N–H and O–H groups in total. The van der Waals surface area contributed by atoms with Crippen LogP contribution in [0.25, 0.3) is 0 Å². The van der Waals surface area contributed by atoms with E-state index in [0.29, 0.717) is 28.6 Å². The van der Waals surface area contributed by atoms with Gasteiger partial charge in [0.1, 0.15) is 23.1 Å². The molecule has 0 radical (unpaired) electrons. The third-order valence-corrected chi connectivity index (χ3v) is 8.03. The van der Waals surface area contributed by atoms with E-state index in [0.717, 1.165) is 46.8 Å². The van der Waals surface area contributed by atoms with Crippen molar-refractivity contribution in [2.75, 3.05) is 0 Å². The van der Waals surface area contributed by atoms with Gasteiger partial charge in [0.05, 0.1) is 27.8 Å². The number of thiophene rings is 1. The lowest BCUT2D eigenvalue weighted by Crippen LogP contribution is -2.23. The summed E-state index contributed by atoms with van der Waals surface area (Å²) in [4.78, 5) is 29.5. The number of nitro benzene ring substituents is 1. The van der Waals surface area contributed by atoms with Crippen LogP contribution in [-0.2, 0) is 26.0 Å². The van der Waals surface area contributed by atoms with Crippen LogP contribution in [0.5, 0.6) is 5.75 Å². The van der Waals surface area contributed by atoms with Crippen molar-refractivity contribution in [3.8, 4) is 5.75 Å². The van der Waals surface area contributed by atoms with Crippen LogP contribution in [0.15, 0.2) is 74.7 Å². The first-order chi connectivity index (χ1) is 18.5. The van der Waals surface area contributed by atoms with Crippen LogP contribution < -0.4 is 10.1 Å². The number of aryl methyl sites for hydroxylation is 1. The van der Waals surface area contributed by atoms with Crippen LogP contribution in [0, 0.1) is 10.1 Å². The van der Waals surface area contributed by atoms with Crippen LogP contribution in [0.1, 0.15) is 50.5 Å². The van der Waals surface area contributed by atoms with Crippen LogP contribution >= 0.6 is 27.3 Å². The van der Waals surface area contributed by atoms with Crippen molar-refractivity contribution in [2.24, 2.45) is 4.99 Å². The topological polar surface area (TPSA) is 107 Å². The highest BCUT2D eigenvalue weighted by Gasteiger charge is 2.25. The highest BCUT2D eigenvalue weighted by molar-refractivity contribution is 9.10. The molecule has 1 aliphatic carbocycles. The molecule has 1 aliphatic rings. The maximum absolute atomic E-state index is 13.2. The van der Waals surface area contributed by atoms with Gasteiger partial charge in [-0.2, -0.15) is 0 Å². The summed E-state index contributed by atoms with van der Waals surface area (Å²) in [5, 5.41) is 14.5. The monoisotopic (exact) mass is 593 g/mol. The smallest absolute Gasteiger partial charge is 0.269 e. The van der Waals surface area contributed by atoms with Gasteiger partial charge in [0.25, 0.3) is 11.6 Å². The number of aliphatic imine (C=N–C) groups is 1. The zero-order valence-corrected chi connectivity index (χ0v) is 22.7. The number of hydrogen-bond donors (Lipinski definition) is 1. The molecule has 10 heteroatoms. The molecule has 5 rings (SSSR count). The quantitative estimate of drug-likeness (QED) is 0.126. The van der Waals surface area contributed by atoms with E-state index in [9.17, 15) is 14.9 Å². The average Bonchev–Trinajstić information content (AvgIpc) is 3.58. The molecular weight excluding hydrogens is 570 g/mol. The Labute approximate surface area is 231 Å². The van der Waals surface area contributed by atoms with Crippen LogP contribution in [0.2, 0.25) is 0 Å². The fraction of sp³-hybridized carbons (Fsp3) is 0.214. The molecule has 8 nitrogen and oxygen atoms in total. The molecule has 38 heavy (non-hydrogen) atoms. The maximum atomic E-state index is 13.2. The summed E-state index contributed by atoms with van der Waals surface area (Å²) in [6, 6.07) is 15.5. The Bertz CT molecular complexity index is 1480. The first kappa shape index (κ1) is 25.9. The summed E-state index contributed by atoms with van der Waals surface area (Å²) in [5.74, 6) is 1.21. The molecule has 0 fully saturated rings. The van der Waals surface area contributed by atoms with E-state index in [1.54, 1.807) is 42.0 Å². The van der Waals surface area contributed by atoms with Gasteiger partial charge in [-0.25, -0.2) is 4.99 Å². The molecule has 0 spiro atoms. The predicted molar refractivity (Wildman–Crippen MR) is 150 cm³/mol. The van der Waals surface area contributed by atoms with Gasteiger partial charge < -0.3 is 14.5 Å². The average molecular weight is 594 g/mol. The third kappa shape index (κ3) is 6.03. The summed E-state index contributed by atoms with van der Waals surface area (Å²) < 4.78 is 12.0. The Morgan fingerprint density at radius 1 is 1.18 bits per heavy atom. The minimum absolute atomic E-state index is 0.0447. The lowest BCUT2D eigenvalue weighted by molar-refractivity contribution is -0.384.